The van der Waals surface area contributed by atoms with Gasteiger partial charge in [-0.25, -0.2) is 0 Å². The molecule has 0 aromatic heterocycles. The van der Waals surface area contributed by atoms with E-state index in [2.05, 4.69) is 0 Å². The monoisotopic (exact) mass is 377 g/mol. The molecule has 0 saturated heterocycles. The molecular weight excluding hydrogens is 360 g/mol. The van der Waals surface area contributed by atoms with E-state index in [9.17, 15) is 26.3 Å². The first-order chi connectivity index (χ1) is 11.3. The third-order valence-corrected chi connectivity index (χ3v) is 5.37. The zero-order valence-corrected chi connectivity index (χ0v) is 14.8. The molecule has 0 saturated carbocycles. The number of alkyl halides is 6. The molecule has 0 unspecified atom stereocenters. The van der Waals surface area contributed by atoms with E-state index < -0.39 is 31.7 Å². The lowest BCUT2D eigenvalue weighted by molar-refractivity contribution is -0.143. The van der Waals surface area contributed by atoms with Gasteiger partial charge in [0.15, 0.2) is 8.24 Å². The number of anilines is 2. The lowest BCUT2D eigenvalue weighted by Crippen LogP contribution is -2.42. The molecule has 0 heterocycles. The Balaban J connectivity index is 2.73. The van der Waals surface area contributed by atoms with Gasteiger partial charge in [0.1, 0.15) is 0 Å². The smallest absolute Gasteiger partial charge is 0.369 e. The number of hydrogen-bond donors (Lipinski definition) is 0. The van der Waals surface area contributed by atoms with Crippen molar-refractivity contribution in [3.8, 4) is 0 Å². The van der Waals surface area contributed by atoms with Gasteiger partial charge >= 0.3 is 12.4 Å². The van der Waals surface area contributed by atoms with Gasteiger partial charge in [-0.05, 0) is 30.3 Å². The Kier molecular flexibility index (Phi) is 4.96. The minimum Gasteiger partial charge on any atom is -0.369 e. The molecule has 25 heavy (non-hydrogen) atoms. The van der Waals surface area contributed by atoms with Gasteiger partial charge in [-0.1, -0.05) is 37.8 Å². The topological polar surface area (TPSA) is 3.24 Å². The Morgan fingerprint density at radius 1 is 0.680 bits per heavy atom. The zero-order chi connectivity index (χ0) is 19.0. The van der Waals surface area contributed by atoms with Gasteiger partial charge in [0.25, 0.3) is 0 Å². The van der Waals surface area contributed by atoms with Crippen molar-refractivity contribution in [3.05, 3.63) is 59.7 Å². The number of para-hydroxylation sites is 1. The second-order valence-corrected chi connectivity index (χ2v) is 11.4. The van der Waals surface area contributed by atoms with Gasteiger partial charge < -0.3 is 4.57 Å². The van der Waals surface area contributed by atoms with E-state index in [0.29, 0.717) is 5.69 Å². The second-order valence-electron chi connectivity index (χ2n) is 6.61. The molecule has 1 nitrogen and oxygen atoms in total. The molecule has 2 aromatic rings. The van der Waals surface area contributed by atoms with Gasteiger partial charge in [0.2, 0.25) is 0 Å². The van der Waals surface area contributed by atoms with Crippen molar-refractivity contribution in [2.75, 3.05) is 4.57 Å². The molecule has 0 atom stereocenters. The van der Waals surface area contributed by atoms with Gasteiger partial charge in [-0.3, -0.25) is 0 Å². The van der Waals surface area contributed by atoms with Crippen molar-refractivity contribution in [2.24, 2.45) is 0 Å². The Morgan fingerprint density at radius 3 is 1.48 bits per heavy atom. The summed E-state index contributed by atoms with van der Waals surface area (Å²) in [5.74, 6) is 0. The van der Waals surface area contributed by atoms with Crippen molar-refractivity contribution in [1.82, 2.24) is 0 Å². The van der Waals surface area contributed by atoms with Crippen LogP contribution in [0.5, 0.6) is 0 Å². The van der Waals surface area contributed by atoms with Crippen LogP contribution >= 0.6 is 0 Å². The van der Waals surface area contributed by atoms with E-state index in [-0.39, 0.29) is 11.8 Å². The van der Waals surface area contributed by atoms with Crippen LogP contribution in [0.25, 0.3) is 0 Å². The molecule has 0 aliphatic carbocycles. The summed E-state index contributed by atoms with van der Waals surface area (Å²) in [6.07, 6.45) is -9.73. The van der Waals surface area contributed by atoms with Crippen LogP contribution in [-0.2, 0) is 12.4 Å². The zero-order valence-electron chi connectivity index (χ0n) is 13.8. The predicted molar refractivity (Wildman–Crippen MR) is 88.4 cm³/mol. The maximum atomic E-state index is 13.1. The highest BCUT2D eigenvalue weighted by atomic mass is 28.3. The maximum Gasteiger partial charge on any atom is 0.416 e. The van der Waals surface area contributed by atoms with Crippen molar-refractivity contribution in [3.63, 3.8) is 0 Å². The van der Waals surface area contributed by atoms with Gasteiger partial charge in [0, 0.05) is 11.4 Å². The van der Waals surface area contributed by atoms with Crippen molar-refractivity contribution < 1.29 is 26.3 Å². The normalized spacial score (nSPS) is 13.0. The van der Waals surface area contributed by atoms with Crippen molar-refractivity contribution in [2.45, 2.75) is 32.0 Å². The molecular formula is C17H17F6NSi. The van der Waals surface area contributed by atoms with Crippen LogP contribution in [-0.4, -0.2) is 8.24 Å². The largest absolute Gasteiger partial charge is 0.416 e. The highest BCUT2D eigenvalue weighted by molar-refractivity contribution is 6.81. The molecule has 0 aliphatic heterocycles. The lowest BCUT2D eigenvalue weighted by Gasteiger charge is -2.37. The summed E-state index contributed by atoms with van der Waals surface area (Å²) < 4.78 is 80.3. The van der Waals surface area contributed by atoms with Crippen LogP contribution < -0.4 is 4.57 Å². The molecule has 0 amide bonds. The molecule has 0 radical (unpaired) electrons. The summed E-state index contributed by atoms with van der Waals surface area (Å²) in [4.78, 5) is 0. The van der Waals surface area contributed by atoms with E-state index in [1.807, 2.05) is 19.6 Å². The number of nitrogens with zero attached hydrogens (tertiary/aromatic N) is 1. The van der Waals surface area contributed by atoms with E-state index in [4.69, 9.17) is 0 Å². The van der Waals surface area contributed by atoms with Crippen LogP contribution in [0.3, 0.4) is 0 Å². The van der Waals surface area contributed by atoms with Crippen LogP contribution in [0.15, 0.2) is 48.5 Å². The van der Waals surface area contributed by atoms with Crippen molar-refractivity contribution in [1.29, 1.82) is 0 Å². The molecule has 0 aliphatic rings. The first-order valence-corrected chi connectivity index (χ1v) is 10.9. The van der Waals surface area contributed by atoms with Crippen LogP contribution in [0.2, 0.25) is 19.6 Å². The van der Waals surface area contributed by atoms with E-state index >= 15 is 0 Å². The van der Waals surface area contributed by atoms with Gasteiger partial charge in [-0.2, -0.15) is 26.3 Å². The Bertz CT molecular complexity index is 699. The second kappa shape index (κ2) is 6.40. The van der Waals surface area contributed by atoms with Crippen LogP contribution in [0.4, 0.5) is 37.7 Å². The minimum atomic E-state index is -4.86. The van der Waals surface area contributed by atoms with Crippen LogP contribution in [0, 0.1) is 0 Å². The predicted octanol–water partition coefficient (Wildman–Crippen LogP) is 6.70. The summed E-state index contributed by atoms with van der Waals surface area (Å²) in [5.41, 5.74) is -2.16. The summed E-state index contributed by atoms with van der Waals surface area (Å²) >= 11 is 0. The fraction of sp³-hybridized carbons (Fsp3) is 0.294. The quantitative estimate of drug-likeness (QED) is 0.425. The molecule has 0 N–H and O–H groups in total. The molecule has 8 heteroatoms. The fourth-order valence-corrected chi connectivity index (χ4v) is 4.40. The summed E-state index contributed by atoms with van der Waals surface area (Å²) in [6.45, 7) is 5.56. The number of rotatable bonds is 3. The average Bonchev–Trinajstić information content (AvgIpc) is 2.45. The Hall–Kier alpha value is -1.96. The van der Waals surface area contributed by atoms with Gasteiger partial charge in [0.05, 0.1) is 11.1 Å². The SMILES string of the molecule is C[Si](C)(C)N(c1ccccc1)c1cc(C(F)(F)F)cc(C(F)(F)F)c1. The summed E-state index contributed by atoms with van der Waals surface area (Å²) in [7, 11) is -2.33. The highest BCUT2D eigenvalue weighted by Gasteiger charge is 2.38. The molecule has 2 aromatic carbocycles. The number of benzene rings is 2. The van der Waals surface area contributed by atoms with E-state index in [1.165, 1.54) is 0 Å². The van der Waals surface area contributed by atoms with Gasteiger partial charge in [-0.15, -0.1) is 0 Å². The molecule has 2 rings (SSSR count). The molecule has 136 valence electrons. The number of halogens is 6. The van der Waals surface area contributed by atoms with Crippen LogP contribution in [0.1, 0.15) is 11.1 Å². The average molecular weight is 377 g/mol. The van der Waals surface area contributed by atoms with E-state index in [1.54, 1.807) is 34.9 Å². The number of hydrogen-bond acceptors (Lipinski definition) is 1. The highest BCUT2D eigenvalue weighted by Crippen LogP contribution is 2.41. The first kappa shape index (κ1) is 19.4. The summed E-state index contributed by atoms with van der Waals surface area (Å²) in [5, 5.41) is 0. The molecule has 0 bridgehead atoms. The third kappa shape index (κ3) is 4.56. The molecule has 0 fully saturated rings. The first-order valence-electron chi connectivity index (χ1n) is 7.45. The minimum absolute atomic E-state index is 0.104. The fourth-order valence-electron chi connectivity index (χ4n) is 2.57. The summed E-state index contributed by atoms with van der Waals surface area (Å²) in [6, 6.07) is 10.2. The molecule has 0 spiro atoms. The van der Waals surface area contributed by atoms with E-state index in [0.717, 1.165) is 12.1 Å². The Labute approximate surface area is 143 Å². The third-order valence-electron chi connectivity index (χ3n) is 3.52. The van der Waals surface area contributed by atoms with Crippen molar-refractivity contribution >= 4 is 19.6 Å². The lowest BCUT2D eigenvalue weighted by atomic mass is 10.1. The Morgan fingerprint density at radius 2 is 1.12 bits per heavy atom. The standard InChI is InChI=1S/C17H17F6NSi/c1-25(2,3)24(14-7-5-4-6-8-14)15-10-12(16(18,19)20)9-13(11-15)17(21,22)23/h4-11H,1-3H3. The maximum absolute atomic E-state index is 13.1.